The van der Waals surface area contributed by atoms with E-state index in [0.717, 1.165) is 31.7 Å². The largest absolute Gasteiger partial charge is 0.508 e. The van der Waals surface area contributed by atoms with E-state index in [1.54, 1.807) is 12.1 Å². The SMILES string of the molecule is CCCCCNC[C@@H]1CCc2ccc(O)cc2O1. The summed E-state index contributed by atoms with van der Waals surface area (Å²) in [5.74, 6) is 1.13. The fourth-order valence-electron chi connectivity index (χ4n) is 2.32. The summed E-state index contributed by atoms with van der Waals surface area (Å²) in [6.07, 6.45) is 6.11. The van der Waals surface area contributed by atoms with Crippen LogP contribution in [-0.4, -0.2) is 24.3 Å². The highest BCUT2D eigenvalue weighted by atomic mass is 16.5. The lowest BCUT2D eigenvalue weighted by Crippen LogP contribution is -2.34. The van der Waals surface area contributed by atoms with Gasteiger partial charge in [-0.3, -0.25) is 0 Å². The standard InChI is InChI=1S/C15H23NO2/c1-2-3-4-9-16-11-14-8-6-12-5-7-13(17)10-15(12)18-14/h5,7,10,14,16-17H,2-4,6,8-9,11H2,1H3/t14-/m0/s1. The molecule has 18 heavy (non-hydrogen) atoms. The van der Waals surface area contributed by atoms with Crippen LogP contribution in [0, 0.1) is 0 Å². The molecule has 0 aromatic heterocycles. The van der Waals surface area contributed by atoms with E-state index in [2.05, 4.69) is 12.2 Å². The molecule has 0 spiro atoms. The summed E-state index contributed by atoms with van der Waals surface area (Å²) in [7, 11) is 0. The summed E-state index contributed by atoms with van der Waals surface area (Å²) < 4.78 is 5.90. The lowest BCUT2D eigenvalue weighted by molar-refractivity contribution is 0.170. The summed E-state index contributed by atoms with van der Waals surface area (Å²) in [6.45, 7) is 4.19. The molecule has 0 radical (unpaired) electrons. The fourth-order valence-corrected chi connectivity index (χ4v) is 2.32. The highest BCUT2D eigenvalue weighted by Gasteiger charge is 2.19. The Balaban J connectivity index is 1.77. The van der Waals surface area contributed by atoms with Crippen molar-refractivity contribution in [2.45, 2.75) is 45.1 Å². The zero-order valence-corrected chi connectivity index (χ0v) is 11.1. The van der Waals surface area contributed by atoms with Crippen molar-refractivity contribution in [2.75, 3.05) is 13.1 Å². The molecule has 0 unspecified atom stereocenters. The Kier molecular flexibility index (Phi) is 4.88. The molecule has 1 aromatic rings. The van der Waals surface area contributed by atoms with Gasteiger partial charge in [0.2, 0.25) is 0 Å². The van der Waals surface area contributed by atoms with E-state index in [1.807, 2.05) is 6.07 Å². The minimum atomic E-state index is 0.237. The molecule has 1 atom stereocenters. The average molecular weight is 249 g/mol. The van der Waals surface area contributed by atoms with Crippen LogP contribution in [0.4, 0.5) is 0 Å². The van der Waals surface area contributed by atoms with Crippen LogP contribution in [-0.2, 0) is 6.42 Å². The lowest BCUT2D eigenvalue weighted by atomic mass is 10.0. The van der Waals surface area contributed by atoms with Gasteiger partial charge in [-0.15, -0.1) is 0 Å². The molecule has 0 amide bonds. The third-order valence-electron chi connectivity index (χ3n) is 3.41. The number of benzene rings is 1. The molecule has 1 aromatic carbocycles. The van der Waals surface area contributed by atoms with Crippen LogP contribution in [0.15, 0.2) is 18.2 Å². The molecule has 0 fully saturated rings. The average Bonchev–Trinajstić information content (AvgIpc) is 2.38. The minimum Gasteiger partial charge on any atom is -0.508 e. The maximum Gasteiger partial charge on any atom is 0.126 e. The van der Waals surface area contributed by atoms with E-state index in [1.165, 1.54) is 24.8 Å². The Hall–Kier alpha value is -1.22. The fraction of sp³-hybridized carbons (Fsp3) is 0.600. The number of ether oxygens (including phenoxy) is 1. The third-order valence-corrected chi connectivity index (χ3v) is 3.41. The van der Waals surface area contributed by atoms with Gasteiger partial charge in [0, 0.05) is 12.6 Å². The number of unbranched alkanes of at least 4 members (excludes halogenated alkanes) is 2. The molecule has 3 nitrogen and oxygen atoms in total. The van der Waals surface area contributed by atoms with Crippen molar-refractivity contribution in [1.82, 2.24) is 5.32 Å². The maximum absolute atomic E-state index is 9.45. The maximum atomic E-state index is 9.45. The second kappa shape index (κ2) is 6.64. The van der Waals surface area contributed by atoms with E-state index in [9.17, 15) is 5.11 Å². The van der Waals surface area contributed by atoms with Crippen molar-refractivity contribution in [3.05, 3.63) is 23.8 Å². The van der Waals surface area contributed by atoms with Gasteiger partial charge in [-0.2, -0.15) is 0 Å². The molecule has 0 aliphatic carbocycles. The first kappa shape index (κ1) is 13.2. The number of hydrogen-bond donors (Lipinski definition) is 2. The highest BCUT2D eigenvalue weighted by molar-refractivity contribution is 5.41. The first-order valence-corrected chi connectivity index (χ1v) is 6.99. The van der Waals surface area contributed by atoms with E-state index in [-0.39, 0.29) is 11.9 Å². The first-order valence-electron chi connectivity index (χ1n) is 6.99. The van der Waals surface area contributed by atoms with Crippen LogP contribution in [0.1, 0.15) is 38.2 Å². The molecular formula is C15H23NO2. The Morgan fingerprint density at radius 1 is 1.39 bits per heavy atom. The summed E-state index contributed by atoms with van der Waals surface area (Å²) in [6, 6.07) is 5.40. The minimum absolute atomic E-state index is 0.237. The monoisotopic (exact) mass is 249 g/mol. The third kappa shape index (κ3) is 3.64. The van der Waals surface area contributed by atoms with Crippen LogP contribution in [0.2, 0.25) is 0 Å². The molecule has 0 bridgehead atoms. The van der Waals surface area contributed by atoms with Gasteiger partial charge < -0.3 is 15.2 Å². The van der Waals surface area contributed by atoms with Gasteiger partial charge in [0.1, 0.15) is 17.6 Å². The summed E-state index contributed by atoms with van der Waals surface area (Å²) in [5, 5.41) is 12.9. The lowest BCUT2D eigenvalue weighted by Gasteiger charge is -2.26. The Labute approximate surface area is 109 Å². The van der Waals surface area contributed by atoms with Crippen molar-refractivity contribution >= 4 is 0 Å². The number of aryl methyl sites for hydroxylation is 1. The van der Waals surface area contributed by atoms with Crippen molar-refractivity contribution in [3.63, 3.8) is 0 Å². The van der Waals surface area contributed by atoms with E-state index < -0.39 is 0 Å². The predicted molar refractivity (Wildman–Crippen MR) is 73.2 cm³/mol. The summed E-state index contributed by atoms with van der Waals surface area (Å²) in [4.78, 5) is 0. The van der Waals surface area contributed by atoms with E-state index >= 15 is 0 Å². The van der Waals surface area contributed by atoms with Crippen LogP contribution in [0.5, 0.6) is 11.5 Å². The van der Waals surface area contributed by atoms with Crippen LogP contribution in [0.3, 0.4) is 0 Å². The van der Waals surface area contributed by atoms with Gasteiger partial charge in [-0.25, -0.2) is 0 Å². The molecular weight excluding hydrogens is 226 g/mol. The van der Waals surface area contributed by atoms with Gasteiger partial charge >= 0.3 is 0 Å². The molecule has 1 aliphatic rings. The number of hydrogen-bond acceptors (Lipinski definition) is 3. The van der Waals surface area contributed by atoms with Gasteiger partial charge in [0.25, 0.3) is 0 Å². The zero-order chi connectivity index (χ0) is 12.8. The zero-order valence-electron chi connectivity index (χ0n) is 11.1. The summed E-state index contributed by atoms with van der Waals surface area (Å²) >= 11 is 0. The van der Waals surface area contributed by atoms with Gasteiger partial charge in [0.05, 0.1) is 0 Å². The molecule has 1 heterocycles. The molecule has 100 valence electrons. The number of fused-ring (bicyclic) bond motifs is 1. The van der Waals surface area contributed by atoms with Crippen molar-refractivity contribution in [2.24, 2.45) is 0 Å². The Morgan fingerprint density at radius 2 is 2.28 bits per heavy atom. The second-order valence-corrected chi connectivity index (χ2v) is 4.98. The molecule has 3 heteroatoms. The quantitative estimate of drug-likeness (QED) is 0.762. The highest BCUT2D eigenvalue weighted by Crippen LogP contribution is 2.30. The Morgan fingerprint density at radius 3 is 3.11 bits per heavy atom. The molecule has 2 rings (SSSR count). The first-order chi connectivity index (χ1) is 8.79. The smallest absolute Gasteiger partial charge is 0.126 e. The van der Waals surface area contributed by atoms with Crippen LogP contribution < -0.4 is 10.1 Å². The number of aromatic hydroxyl groups is 1. The van der Waals surface area contributed by atoms with Crippen LogP contribution in [0.25, 0.3) is 0 Å². The molecule has 0 saturated carbocycles. The second-order valence-electron chi connectivity index (χ2n) is 4.98. The van der Waals surface area contributed by atoms with Crippen molar-refractivity contribution in [3.8, 4) is 11.5 Å². The van der Waals surface area contributed by atoms with Crippen molar-refractivity contribution in [1.29, 1.82) is 0 Å². The van der Waals surface area contributed by atoms with E-state index in [0.29, 0.717) is 0 Å². The van der Waals surface area contributed by atoms with Gasteiger partial charge in [-0.1, -0.05) is 25.8 Å². The molecule has 2 N–H and O–H groups in total. The Bertz CT molecular complexity index is 379. The number of phenolic OH excluding ortho intramolecular Hbond substituents is 1. The van der Waals surface area contributed by atoms with Gasteiger partial charge in [0.15, 0.2) is 0 Å². The summed E-state index contributed by atoms with van der Waals surface area (Å²) in [5.41, 5.74) is 1.20. The molecule has 1 aliphatic heterocycles. The predicted octanol–water partition coefficient (Wildman–Crippen LogP) is 2.87. The molecule has 0 saturated heterocycles. The number of rotatable bonds is 6. The van der Waals surface area contributed by atoms with E-state index in [4.69, 9.17) is 4.74 Å². The van der Waals surface area contributed by atoms with Crippen molar-refractivity contribution < 1.29 is 9.84 Å². The normalized spacial score (nSPS) is 18.2. The topological polar surface area (TPSA) is 41.5 Å². The number of nitrogens with one attached hydrogen (secondary N) is 1. The van der Waals surface area contributed by atoms with Crippen LogP contribution >= 0.6 is 0 Å². The van der Waals surface area contributed by atoms with Gasteiger partial charge in [-0.05, 0) is 37.4 Å². The number of phenols is 1.